The SMILES string of the molecule is CCCCC/C=C\C/C=C\CCCCCCCP(=O)(O)O. The first-order chi connectivity index (χ1) is 10.1. The van der Waals surface area contributed by atoms with E-state index in [0.29, 0.717) is 6.42 Å². The molecule has 0 unspecified atom stereocenters. The zero-order valence-corrected chi connectivity index (χ0v) is 14.4. The Hall–Kier alpha value is -0.370. The molecule has 0 aliphatic heterocycles. The minimum Gasteiger partial charge on any atom is -0.324 e. The van der Waals surface area contributed by atoms with Crippen LogP contribution in [0.2, 0.25) is 0 Å². The van der Waals surface area contributed by atoms with E-state index in [9.17, 15) is 4.57 Å². The number of hydrogen-bond donors (Lipinski definition) is 2. The van der Waals surface area contributed by atoms with Crippen LogP contribution in [0.15, 0.2) is 24.3 Å². The maximum Gasteiger partial charge on any atom is 0.325 e. The molecule has 0 heterocycles. The van der Waals surface area contributed by atoms with Gasteiger partial charge in [0.25, 0.3) is 0 Å². The smallest absolute Gasteiger partial charge is 0.324 e. The van der Waals surface area contributed by atoms with Gasteiger partial charge in [-0.05, 0) is 38.5 Å². The van der Waals surface area contributed by atoms with E-state index in [2.05, 4.69) is 31.2 Å². The molecule has 0 spiro atoms. The Morgan fingerprint density at radius 1 is 0.762 bits per heavy atom. The van der Waals surface area contributed by atoms with Crippen LogP contribution in [0.25, 0.3) is 0 Å². The second-order valence-electron chi connectivity index (χ2n) is 5.62. The van der Waals surface area contributed by atoms with Crippen LogP contribution in [0.5, 0.6) is 0 Å². The minimum absolute atomic E-state index is 0.0392. The highest BCUT2D eigenvalue weighted by molar-refractivity contribution is 7.51. The van der Waals surface area contributed by atoms with Crippen molar-refractivity contribution in [3.63, 3.8) is 0 Å². The second kappa shape index (κ2) is 14.6. The predicted molar refractivity (Wildman–Crippen MR) is 91.7 cm³/mol. The number of hydrogen-bond acceptors (Lipinski definition) is 1. The van der Waals surface area contributed by atoms with Crippen LogP contribution in [-0.4, -0.2) is 15.9 Å². The van der Waals surface area contributed by atoms with Gasteiger partial charge in [-0.1, -0.05) is 63.3 Å². The summed E-state index contributed by atoms with van der Waals surface area (Å²) < 4.78 is 10.6. The lowest BCUT2D eigenvalue weighted by Crippen LogP contribution is -1.88. The van der Waals surface area contributed by atoms with Crippen molar-refractivity contribution in [1.29, 1.82) is 0 Å². The molecule has 2 N–H and O–H groups in total. The summed E-state index contributed by atoms with van der Waals surface area (Å²) >= 11 is 0. The van der Waals surface area contributed by atoms with Crippen molar-refractivity contribution in [3.05, 3.63) is 24.3 Å². The van der Waals surface area contributed by atoms with Gasteiger partial charge in [-0.2, -0.15) is 0 Å². The molecular weight excluding hydrogens is 283 g/mol. The molecule has 0 rings (SSSR count). The lowest BCUT2D eigenvalue weighted by Gasteiger charge is -2.02. The van der Waals surface area contributed by atoms with E-state index in [0.717, 1.165) is 32.1 Å². The fourth-order valence-corrected chi connectivity index (χ4v) is 2.76. The predicted octanol–water partition coefficient (Wildman–Crippen LogP) is 5.59. The summed E-state index contributed by atoms with van der Waals surface area (Å²) in [6.45, 7) is 2.23. The fraction of sp³-hybridized carbons (Fsp3) is 0.765. The summed E-state index contributed by atoms with van der Waals surface area (Å²) in [7, 11) is -3.77. The van der Waals surface area contributed by atoms with Crippen molar-refractivity contribution in [2.75, 3.05) is 6.16 Å². The molecule has 0 saturated carbocycles. The molecule has 0 aromatic carbocycles. The maximum atomic E-state index is 10.6. The highest BCUT2D eigenvalue weighted by Gasteiger charge is 2.10. The molecule has 4 heteroatoms. The van der Waals surface area contributed by atoms with Gasteiger partial charge in [0.05, 0.1) is 0 Å². The Morgan fingerprint density at radius 3 is 1.86 bits per heavy atom. The zero-order chi connectivity index (χ0) is 15.8. The molecule has 0 aromatic rings. The summed E-state index contributed by atoms with van der Waals surface area (Å²) in [5, 5.41) is 0. The topological polar surface area (TPSA) is 57.5 Å². The largest absolute Gasteiger partial charge is 0.325 e. The van der Waals surface area contributed by atoms with E-state index in [1.54, 1.807) is 0 Å². The molecule has 0 saturated heterocycles. The van der Waals surface area contributed by atoms with E-state index in [1.165, 1.54) is 32.1 Å². The summed E-state index contributed by atoms with van der Waals surface area (Å²) in [5.41, 5.74) is 0. The lowest BCUT2D eigenvalue weighted by molar-refractivity contribution is 0.370. The molecule has 0 aromatic heterocycles. The molecule has 0 fully saturated rings. The minimum atomic E-state index is -3.77. The van der Waals surface area contributed by atoms with E-state index in [4.69, 9.17) is 9.79 Å². The van der Waals surface area contributed by atoms with Gasteiger partial charge in [-0.3, -0.25) is 4.57 Å². The number of rotatable bonds is 14. The Labute approximate surface area is 130 Å². The molecule has 0 atom stereocenters. The normalized spacial score (nSPS) is 12.7. The molecular formula is C17H33O3P. The molecule has 0 aliphatic rings. The molecule has 0 aliphatic carbocycles. The quantitative estimate of drug-likeness (QED) is 0.249. The molecule has 0 radical (unpaired) electrons. The van der Waals surface area contributed by atoms with Crippen LogP contribution in [-0.2, 0) is 4.57 Å². The summed E-state index contributed by atoms with van der Waals surface area (Å²) in [6.07, 6.45) is 21.3. The summed E-state index contributed by atoms with van der Waals surface area (Å²) in [6, 6.07) is 0. The second-order valence-corrected chi connectivity index (χ2v) is 7.40. The third kappa shape index (κ3) is 19.6. The van der Waals surface area contributed by atoms with Crippen molar-refractivity contribution < 1.29 is 14.4 Å². The summed E-state index contributed by atoms with van der Waals surface area (Å²) in [5.74, 6) is 0. The first kappa shape index (κ1) is 20.6. The van der Waals surface area contributed by atoms with Gasteiger partial charge in [0.1, 0.15) is 0 Å². The van der Waals surface area contributed by atoms with Crippen LogP contribution in [0, 0.1) is 0 Å². The first-order valence-electron chi connectivity index (χ1n) is 8.41. The molecule has 3 nitrogen and oxygen atoms in total. The van der Waals surface area contributed by atoms with Crippen LogP contribution >= 0.6 is 7.60 Å². The van der Waals surface area contributed by atoms with Gasteiger partial charge in [0.2, 0.25) is 0 Å². The Kier molecular flexibility index (Phi) is 14.3. The number of unbranched alkanes of at least 4 members (excludes halogenated alkanes) is 8. The zero-order valence-electron chi connectivity index (χ0n) is 13.5. The lowest BCUT2D eigenvalue weighted by atomic mass is 10.1. The Morgan fingerprint density at radius 2 is 1.29 bits per heavy atom. The van der Waals surface area contributed by atoms with Crippen molar-refractivity contribution in [2.24, 2.45) is 0 Å². The Balaban J connectivity index is 3.24. The van der Waals surface area contributed by atoms with Crippen molar-refractivity contribution in [2.45, 2.75) is 77.6 Å². The fourth-order valence-electron chi connectivity index (χ4n) is 2.13. The van der Waals surface area contributed by atoms with Crippen molar-refractivity contribution in [1.82, 2.24) is 0 Å². The Bertz CT molecular complexity index is 318. The average molecular weight is 316 g/mol. The molecule has 21 heavy (non-hydrogen) atoms. The summed E-state index contributed by atoms with van der Waals surface area (Å²) in [4.78, 5) is 17.4. The van der Waals surface area contributed by atoms with Crippen LogP contribution in [0.3, 0.4) is 0 Å². The van der Waals surface area contributed by atoms with Gasteiger partial charge >= 0.3 is 7.60 Å². The van der Waals surface area contributed by atoms with Crippen molar-refractivity contribution >= 4 is 7.60 Å². The highest BCUT2D eigenvalue weighted by Crippen LogP contribution is 2.35. The number of allylic oxidation sites excluding steroid dienone is 4. The van der Waals surface area contributed by atoms with Gasteiger partial charge < -0.3 is 9.79 Å². The van der Waals surface area contributed by atoms with Crippen LogP contribution in [0.4, 0.5) is 0 Å². The maximum absolute atomic E-state index is 10.6. The molecule has 0 bridgehead atoms. The van der Waals surface area contributed by atoms with E-state index >= 15 is 0 Å². The standard InChI is InChI=1S/C17H33O3P/c1-2-3-4-5-6-7-8-9-10-11-12-13-14-15-16-17-21(18,19)20/h6-7,9-10H,2-5,8,11-17H2,1H3,(H2,18,19,20)/b7-6-,10-9-. The van der Waals surface area contributed by atoms with Crippen LogP contribution in [0.1, 0.15) is 77.6 Å². The monoisotopic (exact) mass is 316 g/mol. The van der Waals surface area contributed by atoms with E-state index < -0.39 is 7.60 Å². The molecule has 0 amide bonds. The highest BCUT2D eigenvalue weighted by atomic mass is 31.2. The van der Waals surface area contributed by atoms with Gasteiger partial charge in [0.15, 0.2) is 0 Å². The van der Waals surface area contributed by atoms with E-state index in [1.807, 2.05) is 0 Å². The van der Waals surface area contributed by atoms with Gasteiger partial charge in [-0.15, -0.1) is 0 Å². The van der Waals surface area contributed by atoms with Crippen LogP contribution < -0.4 is 0 Å². The third-order valence-corrected chi connectivity index (χ3v) is 4.30. The van der Waals surface area contributed by atoms with Gasteiger partial charge in [0, 0.05) is 6.16 Å². The first-order valence-corrected chi connectivity index (χ1v) is 10.2. The van der Waals surface area contributed by atoms with E-state index in [-0.39, 0.29) is 6.16 Å². The third-order valence-electron chi connectivity index (χ3n) is 3.40. The molecule has 124 valence electrons. The van der Waals surface area contributed by atoms with Gasteiger partial charge in [-0.25, -0.2) is 0 Å². The average Bonchev–Trinajstić information content (AvgIpc) is 2.42. The van der Waals surface area contributed by atoms with Crippen molar-refractivity contribution in [3.8, 4) is 0 Å².